The van der Waals surface area contributed by atoms with Crippen LogP contribution in [-0.2, 0) is 12.6 Å². The third kappa shape index (κ3) is 5.62. The number of para-hydroxylation sites is 1. The van der Waals surface area contributed by atoms with Crippen molar-refractivity contribution in [2.45, 2.75) is 12.6 Å². The van der Waals surface area contributed by atoms with Gasteiger partial charge < -0.3 is 4.74 Å². The zero-order valence-corrected chi connectivity index (χ0v) is 16.0. The highest BCUT2D eigenvalue weighted by Gasteiger charge is 2.31. The first-order chi connectivity index (χ1) is 14.9. The van der Waals surface area contributed by atoms with Gasteiger partial charge in [-0.2, -0.15) is 28.8 Å². The lowest BCUT2D eigenvalue weighted by Gasteiger charge is -2.16. The molecule has 0 heterocycles. The number of hydrazone groups is 1. The molecule has 0 saturated carbocycles. The maximum atomic E-state index is 13.2. The van der Waals surface area contributed by atoms with Crippen LogP contribution in [0.1, 0.15) is 16.7 Å². The van der Waals surface area contributed by atoms with Gasteiger partial charge in [-0.05, 0) is 35.4 Å². The van der Waals surface area contributed by atoms with Crippen molar-refractivity contribution in [3.63, 3.8) is 0 Å². The molecule has 0 bridgehead atoms. The lowest BCUT2D eigenvalue weighted by molar-refractivity contribution is -0.137. The van der Waals surface area contributed by atoms with Crippen LogP contribution in [0, 0.1) is 22.7 Å². The number of nitrogens with zero attached hydrogens (tertiary/aromatic N) is 3. The zero-order valence-electron chi connectivity index (χ0n) is 16.0. The van der Waals surface area contributed by atoms with Crippen molar-refractivity contribution in [1.82, 2.24) is 0 Å². The number of ether oxygens (including phenoxy) is 1. The Kier molecular flexibility index (Phi) is 6.54. The predicted molar refractivity (Wildman–Crippen MR) is 109 cm³/mol. The predicted octanol–water partition coefficient (Wildman–Crippen LogP) is 5.90. The molecule has 0 radical (unpaired) electrons. The Morgan fingerprint density at radius 2 is 1.58 bits per heavy atom. The summed E-state index contributed by atoms with van der Waals surface area (Å²) in [4.78, 5) is 0. The third-order valence-electron chi connectivity index (χ3n) is 4.24. The van der Waals surface area contributed by atoms with Gasteiger partial charge in [-0.1, -0.05) is 48.5 Å². The van der Waals surface area contributed by atoms with E-state index in [1.54, 1.807) is 12.1 Å². The largest absolute Gasteiger partial charge is 0.455 e. The Labute approximate surface area is 176 Å². The number of nitrogens with one attached hydrogen (secondary N) is 1. The fraction of sp³-hybridized carbons (Fsp3) is 0.0870. The second-order valence-electron chi connectivity index (χ2n) is 6.38. The second-order valence-corrected chi connectivity index (χ2v) is 6.38. The van der Waals surface area contributed by atoms with E-state index in [4.69, 9.17) is 15.3 Å². The first kappa shape index (κ1) is 21.4. The lowest BCUT2D eigenvalue weighted by atomic mass is 10.0. The van der Waals surface area contributed by atoms with E-state index in [-0.39, 0.29) is 11.4 Å². The Morgan fingerprint density at radius 3 is 2.26 bits per heavy atom. The summed E-state index contributed by atoms with van der Waals surface area (Å²) >= 11 is 0. The van der Waals surface area contributed by atoms with Crippen LogP contribution >= 0.6 is 0 Å². The van der Waals surface area contributed by atoms with Gasteiger partial charge in [0.15, 0.2) is 5.75 Å². The molecule has 0 saturated heterocycles. The van der Waals surface area contributed by atoms with E-state index in [1.165, 1.54) is 18.2 Å². The molecule has 0 aliphatic carbocycles. The molecule has 0 aromatic heterocycles. The number of hydrogen-bond donors (Lipinski definition) is 1. The zero-order chi connectivity index (χ0) is 22.3. The van der Waals surface area contributed by atoms with Gasteiger partial charge in [0.2, 0.25) is 5.71 Å². The summed E-state index contributed by atoms with van der Waals surface area (Å²) in [5.74, 6) is 0.520. The first-order valence-corrected chi connectivity index (χ1v) is 9.05. The summed E-state index contributed by atoms with van der Waals surface area (Å²) in [7, 11) is 0. The van der Waals surface area contributed by atoms with Crippen LogP contribution in [0.4, 0.5) is 18.9 Å². The summed E-state index contributed by atoms with van der Waals surface area (Å²) in [5.41, 5.74) is 2.62. The Morgan fingerprint density at radius 1 is 0.903 bits per heavy atom. The van der Waals surface area contributed by atoms with Crippen LogP contribution < -0.4 is 10.2 Å². The number of alkyl halides is 3. The van der Waals surface area contributed by atoms with Crippen LogP contribution in [0.15, 0.2) is 77.9 Å². The number of anilines is 1. The van der Waals surface area contributed by atoms with Gasteiger partial charge in [0.1, 0.15) is 17.9 Å². The van der Waals surface area contributed by atoms with E-state index in [0.717, 1.165) is 23.3 Å². The van der Waals surface area contributed by atoms with E-state index in [0.29, 0.717) is 12.2 Å². The van der Waals surface area contributed by atoms with Gasteiger partial charge >= 0.3 is 6.18 Å². The molecule has 1 N–H and O–H groups in total. The first-order valence-electron chi connectivity index (χ1n) is 9.05. The van der Waals surface area contributed by atoms with E-state index >= 15 is 0 Å². The van der Waals surface area contributed by atoms with Crippen molar-refractivity contribution in [2.75, 3.05) is 5.43 Å². The molecule has 0 fully saturated rings. The molecule has 154 valence electrons. The van der Waals surface area contributed by atoms with Gasteiger partial charge in [-0.3, -0.25) is 5.43 Å². The molecule has 0 aliphatic heterocycles. The van der Waals surface area contributed by atoms with Crippen molar-refractivity contribution in [2.24, 2.45) is 5.10 Å². The van der Waals surface area contributed by atoms with Gasteiger partial charge in [0.25, 0.3) is 0 Å². The molecule has 3 rings (SSSR count). The summed E-state index contributed by atoms with van der Waals surface area (Å²) < 4.78 is 45.4. The molecule has 0 unspecified atom stereocenters. The highest BCUT2D eigenvalue weighted by atomic mass is 19.4. The standard InChI is InChI=1S/C23H15F3N4O/c24-23(25,26)18-10-11-22(20(13-18)30-29-19(14-27)15-28)31-21-9-5-4-8-17(21)12-16-6-2-1-3-7-16/h1-11,13,30H,12H2. The Bertz CT molecular complexity index is 1160. The number of rotatable bonds is 6. The third-order valence-corrected chi connectivity index (χ3v) is 4.24. The van der Waals surface area contributed by atoms with E-state index in [9.17, 15) is 13.2 Å². The molecule has 0 atom stereocenters. The molecular weight excluding hydrogens is 405 g/mol. The van der Waals surface area contributed by atoms with Crippen LogP contribution in [0.3, 0.4) is 0 Å². The Balaban J connectivity index is 1.97. The van der Waals surface area contributed by atoms with E-state index in [1.807, 2.05) is 42.5 Å². The fourth-order valence-electron chi connectivity index (χ4n) is 2.76. The maximum absolute atomic E-state index is 13.2. The van der Waals surface area contributed by atoms with Gasteiger partial charge in [-0.15, -0.1) is 0 Å². The average Bonchev–Trinajstić information content (AvgIpc) is 2.76. The quantitative estimate of drug-likeness (QED) is 0.397. The second kappa shape index (κ2) is 9.47. The van der Waals surface area contributed by atoms with Crippen molar-refractivity contribution in [1.29, 1.82) is 10.5 Å². The topological polar surface area (TPSA) is 81.2 Å². The van der Waals surface area contributed by atoms with Crippen molar-refractivity contribution >= 4 is 11.4 Å². The molecule has 0 aliphatic rings. The molecule has 3 aromatic rings. The summed E-state index contributed by atoms with van der Waals surface area (Å²) in [5, 5.41) is 21.2. The molecule has 0 spiro atoms. The molecular formula is C23H15F3N4O. The highest BCUT2D eigenvalue weighted by Crippen LogP contribution is 2.37. The fourth-order valence-corrected chi connectivity index (χ4v) is 2.76. The smallest absolute Gasteiger partial charge is 0.416 e. The van der Waals surface area contributed by atoms with Crippen molar-refractivity contribution in [3.05, 3.63) is 89.5 Å². The minimum Gasteiger partial charge on any atom is -0.455 e. The number of benzene rings is 3. The van der Waals surface area contributed by atoms with E-state index < -0.39 is 17.5 Å². The molecule has 8 heteroatoms. The van der Waals surface area contributed by atoms with Crippen LogP contribution in [0.25, 0.3) is 0 Å². The van der Waals surface area contributed by atoms with E-state index in [2.05, 4.69) is 10.5 Å². The normalized spacial score (nSPS) is 10.5. The Hall–Kier alpha value is -4.30. The van der Waals surface area contributed by atoms with Gasteiger partial charge in [0.05, 0.1) is 11.3 Å². The summed E-state index contributed by atoms with van der Waals surface area (Å²) in [6.07, 6.45) is -4.03. The summed E-state index contributed by atoms with van der Waals surface area (Å²) in [6.45, 7) is 0. The van der Waals surface area contributed by atoms with Crippen LogP contribution in [0.5, 0.6) is 11.5 Å². The minimum absolute atomic E-state index is 0.0625. The SMILES string of the molecule is N#CC(C#N)=NNc1cc(C(F)(F)F)ccc1Oc1ccccc1Cc1ccccc1. The maximum Gasteiger partial charge on any atom is 0.416 e. The lowest BCUT2D eigenvalue weighted by Crippen LogP contribution is -2.07. The van der Waals surface area contributed by atoms with Crippen molar-refractivity contribution in [3.8, 4) is 23.6 Å². The van der Waals surface area contributed by atoms with Crippen LogP contribution in [0.2, 0.25) is 0 Å². The minimum atomic E-state index is -4.59. The van der Waals surface area contributed by atoms with Gasteiger partial charge in [0, 0.05) is 6.42 Å². The number of hydrogen-bond acceptors (Lipinski definition) is 5. The summed E-state index contributed by atoms with van der Waals surface area (Å²) in [6, 6.07) is 22.8. The van der Waals surface area contributed by atoms with Crippen molar-refractivity contribution < 1.29 is 17.9 Å². The monoisotopic (exact) mass is 420 g/mol. The average molecular weight is 420 g/mol. The van der Waals surface area contributed by atoms with Crippen LogP contribution in [-0.4, -0.2) is 5.71 Å². The highest BCUT2D eigenvalue weighted by molar-refractivity contribution is 6.10. The molecule has 31 heavy (non-hydrogen) atoms. The number of halogens is 3. The molecule has 5 nitrogen and oxygen atoms in total. The molecule has 3 aromatic carbocycles. The molecule has 0 amide bonds. The number of nitriles is 2. The van der Waals surface area contributed by atoms with Gasteiger partial charge in [-0.25, -0.2) is 0 Å².